The summed E-state index contributed by atoms with van der Waals surface area (Å²) in [4.78, 5) is 27.3. The molecule has 0 radical (unpaired) electrons. The van der Waals surface area contributed by atoms with Crippen LogP contribution in [-0.2, 0) is 4.79 Å². The van der Waals surface area contributed by atoms with E-state index in [-0.39, 0.29) is 5.91 Å². The van der Waals surface area contributed by atoms with Crippen molar-refractivity contribution in [2.75, 3.05) is 13.1 Å². The molecular weight excluding hydrogens is 336 g/mol. The van der Waals surface area contributed by atoms with E-state index in [0.29, 0.717) is 5.92 Å². The van der Waals surface area contributed by atoms with E-state index in [2.05, 4.69) is 9.97 Å². The Labute approximate surface area is 159 Å². The molecule has 1 aliphatic heterocycles. The van der Waals surface area contributed by atoms with Gasteiger partial charge in [-0.25, -0.2) is 9.97 Å². The van der Waals surface area contributed by atoms with E-state index in [1.807, 2.05) is 53.6 Å². The van der Waals surface area contributed by atoms with Crippen LogP contribution >= 0.6 is 0 Å². The Morgan fingerprint density at radius 1 is 1.00 bits per heavy atom. The van der Waals surface area contributed by atoms with Crippen LogP contribution in [0.2, 0.25) is 0 Å². The zero-order chi connectivity index (χ0) is 18.6. The van der Waals surface area contributed by atoms with Gasteiger partial charge < -0.3 is 4.90 Å². The fourth-order valence-corrected chi connectivity index (χ4v) is 3.65. The number of carbonyl (C=O) groups excluding carboxylic acids is 1. The van der Waals surface area contributed by atoms with Crippen LogP contribution in [0.5, 0.6) is 0 Å². The van der Waals surface area contributed by atoms with E-state index in [9.17, 15) is 4.79 Å². The van der Waals surface area contributed by atoms with Gasteiger partial charge in [-0.3, -0.25) is 9.78 Å². The zero-order valence-corrected chi connectivity index (χ0v) is 15.4. The van der Waals surface area contributed by atoms with Gasteiger partial charge in [0.25, 0.3) is 0 Å². The maximum absolute atomic E-state index is 11.7. The molecule has 1 saturated heterocycles. The summed E-state index contributed by atoms with van der Waals surface area (Å²) in [5.41, 5.74) is 4.21. The molecule has 0 aliphatic carbocycles. The van der Waals surface area contributed by atoms with Gasteiger partial charge in [0.15, 0.2) is 5.82 Å². The van der Waals surface area contributed by atoms with Crippen LogP contribution in [0.3, 0.4) is 0 Å². The molecule has 5 nitrogen and oxygen atoms in total. The van der Waals surface area contributed by atoms with Crippen molar-refractivity contribution >= 4 is 5.91 Å². The highest BCUT2D eigenvalue weighted by Crippen LogP contribution is 2.34. The second-order valence-electron chi connectivity index (χ2n) is 6.87. The average molecular weight is 358 g/mol. The topological polar surface area (TPSA) is 59.0 Å². The fraction of sp³-hybridized carbons (Fsp3) is 0.273. The Morgan fingerprint density at radius 3 is 2.37 bits per heavy atom. The Bertz CT molecular complexity index is 920. The van der Waals surface area contributed by atoms with Gasteiger partial charge >= 0.3 is 0 Å². The highest BCUT2D eigenvalue weighted by atomic mass is 16.2. The molecule has 1 aromatic carbocycles. The van der Waals surface area contributed by atoms with Crippen LogP contribution in [0, 0.1) is 0 Å². The quantitative estimate of drug-likeness (QED) is 0.712. The SMILES string of the molecule is CC(=O)N1CCC(c2nc(-c3ccccc3)ncc2-c2ccncc2)CC1. The molecule has 0 atom stereocenters. The van der Waals surface area contributed by atoms with Gasteiger partial charge in [-0.05, 0) is 30.5 Å². The van der Waals surface area contributed by atoms with Gasteiger partial charge in [0.2, 0.25) is 5.91 Å². The minimum atomic E-state index is 0.149. The first-order valence-electron chi connectivity index (χ1n) is 9.30. The maximum atomic E-state index is 11.7. The van der Waals surface area contributed by atoms with E-state index < -0.39 is 0 Å². The molecule has 3 heterocycles. The van der Waals surface area contributed by atoms with Crippen LogP contribution < -0.4 is 0 Å². The van der Waals surface area contributed by atoms with Crippen molar-refractivity contribution in [3.05, 3.63) is 66.7 Å². The minimum absolute atomic E-state index is 0.149. The molecule has 1 amide bonds. The molecule has 0 unspecified atom stereocenters. The Balaban J connectivity index is 1.73. The summed E-state index contributed by atoms with van der Waals surface area (Å²) in [6, 6.07) is 14.0. The monoisotopic (exact) mass is 358 g/mol. The Kier molecular flexibility index (Phi) is 4.92. The van der Waals surface area contributed by atoms with Crippen molar-refractivity contribution in [2.45, 2.75) is 25.7 Å². The number of carbonyl (C=O) groups is 1. The molecule has 0 N–H and O–H groups in total. The Morgan fingerprint density at radius 2 is 1.70 bits per heavy atom. The van der Waals surface area contributed by atoms with E-state index in [0.717, 1.165) is 54.1 Å². The van der Waals surface area contributed by atoms with Crippen LogP contribution in [0.4, 0.5) is 0 Å². The molecule has 3 aromatic rings. The first-order valence-corrected chi connectivity index (χ1v) is 9.30. The standard InChI is InChI=1S/C22H22N4O/c1-16(27)26-13-9-18(10-14-26)21-20(17-7-11-23-12-8-17)15-24-22(25-21)19-5-3-2-4-6-19/h2-8,11-12,15,18H,9-10,13-14H2,1H3. The van der Waals surface area contributed by atoms with Crippen molar-refractivity contribution in [3.8, 4) is 22.5 Å². The number of hydrogen-bond acceptors (Lipinski definition) is 4. The van der Waals surface area contributed by atoms with Crippen LogP contribution in [-0.4, -0.2) is 38.8 Å². The minimum Gasteiger partial charge on any atom is -0.343 e. The number of hydrogen-bond donors (Lipinski definition) is 0. The predicted octanol–water partition coefficient (Wildman–Crippen LogP) is 3.93. The zero-order valence-electron chi connectivity index (χ0n) is 15.4. The summed E-state index contributed by atoms with van der Waals surface area (Å²) in [6.45, 7) is 3.20. The summed E-state index contributed by atoms with van der Waals surface area (Å²) in [5, 5.41) is 0. The van der Waals surface area contributed by atoms with Crippen molar-refractivity contribution < 1.29 is 4.79 Å². The number of likely N-dealkylation sites (tertiary alicyclic amines) is 1. The van der Waals surface area contributed by atoms with E-state index >= 15 is 0 Å². The van der Waals surface area contributed by atoms with Crippen molar-refractivity contribution in [1.82, 2.24) is 19.9 Å². The number of pyridine rings is 1. The number of amides is 1. The molecule has 0 spiro atoms. The molecule has 0 bridgehead atoms. The average Bonchev–Trinajstić information content (AvgIpc) is 2.74. The lowest BCUT2D eigenvalue weighted by Crippen LogP contribution is -2.36. The predicted molar refractivity (Wildman–Crippen MR) is 105 cm³/mol. The largest absolute Gasteiger partial charge is 0.343 e. The summed E-state index contributed by atoms with van der Waals surface area (Å²) < 4.78 is 0. The summed E-state index contributed by atoms with van der Waals surface area (Å²) >= 11 is 0. The first kappa shape index (κ1) is 17.3. The summed E-state index contributed by atoms with van der Waals surface area (Å²) in [5.74, 6) is 1.21. The molecule has 5 heteroatoms. The molecule has 1 aliphatic rings. The van der Waals surface area contributed by atoms with Crippen LogP contribution in [0.1, 0.15) is 31.4 Å². The van der Waals surface area contributed by atoms with Gasteiger partial charge in [-0.1, -0.05) is 30.3 Å². The van der Waals surface area contributed by atoms with Crippen LogP contribution in [0.25, 0.3) is 22.5 Å². The number of piperidine rings is 1. The summed E-state index contributed by atoms with van der Waals surface area (Å²) in [6.07, 6.45) is 7.36. The van der Waals surface area contributed by atoms with Gasteiger partial charge in [-0.15, -0.1) is 0 Å². The number of rotatable bonds is 3. The van der Waals surface area contributed by atoms with E-state index in [1.165, 1.54) is 0 Å². The van der Waals surface area contributed by atoms with Crippen LogP contribution in [0.15, 0.2) is 61.1 Å². The number of aromatic nitrogens is 3. The first-order chi connectivity index (χ1) is 13.2. The molecule has 2 aromatic heterocycles. The fourth-order valence-electron chi connectivity index (χ4n) is 3.65. The van der Waals surface area contributed by atoms with Gasteiger partial charge in [0.1, 0.15) is 0 Å². The second-order valence-corrected chi connectivity index (χ2v) is 6.87. The normalized spacial score (nSPS) is 14.9. The van der Waals surface area contributed by atoms with E-state index in [1.54, 1.807) is 19.3 Å². The molecule has 4 rings (SSSR count). The molecule has 136 valence electrons. The van der Waals surface area contributed by atoms with Crippen molar-refractivity contribution in [1.29, 1.82) is 0 Å². The van der Waals surface area contributed by atoms with Gasteiger partial charge in [-0.2, -0.15) is 0 Å². The van der Waals surface area contributed by atoms with Crippen molar-refractivity contribution in [3.63, 3.8) is 0 Å². The van der Waals surface area contributed by atoms with Gasteiger partial charge in [0, 0.05) is 55.6 Å². The number of benzene rings is 1. The maximum Gasteiger partial charge on any atom is 0.219 e. The lowest BCUT2D eigenvalue weighted by molar-refractivity contribution is -0.129. The Hall–Kier alpha value is -3.08. The van der Waals surface area contributed by atoms with Gasteiger partial charge in [0.05, 0.1) is 5.69 Å². The third kappa shape index (κ3) is 3.72. The molecular formula is C22H22N4O. The third-order valence-corrected chi connectivity index (χ3v) is 5.17. The lowest BCUT2D eigenvalue weighted by Gasteiger charge is -2.31. The molecule has 1 fully saturated rings. The second kappa shape index (κ2) is 7.66. The van der Waals surface area contributed by atoms with Crippen molar-refractivity contribution in [2.24, 2.45) is 0 Å². The number of nitrogens with zero attached hydrogens (tertiary/aromatic N) is 4. The highest BCUT2D eigenvalue weighted by Gasteiger charge is 2.26. The highest BCUT2D eigenvalue weighted by molar-refractivity contribution is 5.73. The smallest absolute Gasteiger partial charge is 0.219 e. The van der Waals surface area contributed by atoms with E-state index in [4.69, 9.17) is 4.98 Å². The third-order valence-electron chi connectivity index (χ3n) is 5.17. The molecule has 27 heavy (non-hydrogen) atoms. The summed E-state index contributed by atoms with van der Waals surface area (Å²) in [7, 11) is 0. The lowest BCUT2D eigenvalue weighted by atomic mass is 9.89. The molecule has 0 saturated carbocycles.